The van der Waals surface area contributed by atoms with Crippen molar-refractivity contribution in [1.29, 1.82) is 0 Å². The Morgan fingerprint density at radius 1 is 1.33 bits per heavy atom. The number of carbonyl (C=O) groups excluding carboxylic acids is 1. The molecular formula is C16H20Cl2N2O4. The molecule has 132 valence electrons. The van der Waals surface area contributed by atoms with Crippen molar-refractivity contribution >= 4 is 29.9 Å². The molecule has 0 aliphatic rings. The molecular weight excluding hydrogens is 355 g/mol. The van der Waals surface area contributed by atoms with Crippen molar-refractivity contribution in [1.82, 2.24) is 5.32 Å². The number of furan rings is 1. The van der Waals surface area contributed by atoms with Crippen LogP contribution in [0.3, 0.4) is 0 Å². The van der Waals surface area contributed by atoms with Crippen LogP contribution in [-0.2, 0) is 17.9 Å². The fourth-order valence-electron chi connectivity index (χ4n) is 2.01. The molecule has 0 saturated heterocycles. The van der Waals surface area contributed by atoms with Gasteiger partial charge in [-0.1, -0.05) is 11.6 Å². The van der Waals surface area contributed by atoms with Gasteiger partial charge in [-0.2, -0.15) is 0 Å². The van der Waals surface area contributed by atoms with Crippen molar-refractivity contribution in [2.24, 2.45) is 5.73 Å². The number of benzene rings is 1. The fraction of sp³-hybridized carbons (Fsp3) is 0.312. The van der Waals surface area contributed by atoms with E-state index in [0.717, 1.165) is 11.3 Å². The minimum atomic E-state index is -0.576. The lowest BCUT2D eigenvalue weighted by molar-refractivity contribution is -0.119. The van der Waals surface area contributed by atoms with Gasteiger partial charge in [0.1, 0.15) is 5.76 Å². The summed E-state index contributed by atoms with van der Waals surface area (Å²) >= 11 is 6.23. The molecule has 0 spiro atoms. The zero-order valence-electron chi connectivity index (χ0n) is 13.2. The Morgan fingerprint density at radius 3 is 2.75 bits per heavy atom. The van der Waals surface area contributed by atoms with Crippen molar-refractivity contribution in [3.05, 3.63) is 46.9 Å². The first-order valence-corrected chi connectivity index (χ1v) is 7.57. The monoisotopic (exact) mass is 374 g/mol. The first-order chi connectivity index (χ1) is 11.1. The van der Waals surface area contributed by atoms with Crippen LogP contribution in [0.4, 0.5) is 0 Å². The van der Waals surface area contributed by atoms with E-state index >= 15 is 0 Å². The lowest BCUT2D eigenvalue weighted by atomic mass is 10.2. The fourth-order valence-corrected chi connectivity index (χ4v) is 2.30. The molecule has 0 atom stereocenters. The first kappa shape index (κ1) is 20.2. The number of carbonyl (C=O) groups is 1. The summed E-state index contributed by atoms with van der Waals surface area (Å²) in [4.78, 5) is 10.9. The molecule has 0 bridgehead atoms. The minimum Gasteiger partial charge on any atom is -0.490 e. The number of ether oxygens (including phenoxy) is 2. The Hall–Kier alpha value is -1.89. The van der Waals surface area contributed by atoms with E-state index in [1.807, 2.05) is 25.1 Å². The predicted octanol–water partition coefficient (Wildman–Crippen LogP) is 2.91. The average molecular weight is 375 g/mol. The van der Waals surface area contributed by atoms with Gasteiger partial charge >= 0.3 is 0 Å². The molecule has 6 nitrogen and oxygen atoms in total. The Morgan fingerprint density at radius 2 is 2.12 bits per heavy atom. The summed E-state index contributed by atoms with van der Waals surface area (Å²) in [7, 11) is 0. The van der Waals surface area contributed by atoms with Gasteiger partial charge in [-0.3, -0.25) is 4.79 Å². The van der Waals surface area contributed by atoms with Crippen molar-refractivity contribution in [2.75, 3.05) is 13.2 Å². The summed E-state index contributed by atoms with van der Waals surface area (Å²) in [6.45, 7) is 3.24. The first-order valence-electron chi connectivity index (χ1n) is 7.19. The Kier molecular flexibility index (Phi) is 8.46. The quantitative estimate of drug-likeness (QED) is 0.704. The van der Waals surface area contributed by atoms with Crippen LogP contribution in [-0.4, -0.2) is 19.1 Å². The number of amides is 1. The second-order valence-corrected chi connectivity index (χ2v) is 5.18. The maximum absolute atomic E-state index is 10.9. The zero-order valence-corrected chi connectivity index (χ0v) is 14.8. The van der Waals surface area contributed by atoms with Crippen LogP contribution in [0.5, 0.6) is 11.5 Å². The highest BCUT2D eigenvalue weighted by Crippen LogP contribution is 2.36. The number of rotatable bonds is 9. The predicted molar refractivity (Wildman–Crippen MR) is 93.8 cm³/mol. The SMILES string of the molecule is CCOc1cc(CNCc2ccco2)cc(Cl)c1OCC(N)=O.Cl. The third kappa shape index (κ3) is 5.96. The normalized spacial score (nSPS) is 10.1. The van der Waals surface area contributed by atoms with Crippen LogP contribution in [0, 0.1) is 0 Å². The van der Waals surface area contributed by atoms with E-state index in [9.17, 15) is 4.79 Å². The maximum atomic E-state index is 10.9. The smallest absolute Gasteiger partial charge is 0.255 e. The van der Waals surface area contributed by atoms with E-state index in [4.69, 9.17) is 31.2 Å². The molecule has 0 radical (unpaired) electrons. The van der Waals surface area contributed by atoms with E-state index < -0.39 is 5.91 Å². The topological polar surface area (TPSA) is 86.7 Å². The molecule has 24 heavy (non-hydrogen) atoms. The number of hydrogen-bond donors (Lipinski definition) is 2. The maximum Gasteiger partial charge on any atom is 0.255 e. The second-order valence-electron chi connectivity index (χ2n) is 4.78. The summed E-state index contributed by atoms with van der Waals surface area (Å²) in [6.07, 6.45) is 1.63. The van der Waals surface area contributed by atoms with E-state index in [-0.39, 0.29) is 19.0 Å². The van der Waals surface area contributed by atoms with Crippen LogP contribution in [0.25, 0.3) is 0 Å². The van der Waals surface area contributed by atoms with Crippen LogP contribution in [0.1, 0.15) is 18.2 Å². The van der Waals surface area contributed by atoms with Crippen LogP contribution in [0.2, 0.25) is 5.02 Å². The van der Waals surface area contributed by atoms with Crippen molar-refractivity contribution < 1.29 is 18.7 Å². The highest BCUT2D eigenvalue weighted by molar-refractivity contribution is 6.32. The average Bonchev–Trinajstić information content (AvgIpc) is 3.00. The lowest BCUT2D eigenvalue weighted by Crippen LogP contribution is -2.20. The van der Waals surface area contributed by atoms with Gasteiger partial charge in [-0.15, -0.1) is 12.4 Å². The number of nitrogens with two attached hydrogens (primary N) is 1. The third-order valence-corrected chi connectivity index (χ3v) is 3.22. The summed E-state index contributed by atoms with van der Waals surface area (Å²) in [6, 6.07) is 7.31. The van der Waals surface area contributed by atoms with Crippen LogP contribution in [0.15, 0.2) is 34.9 Å². The van der Waals surface area contributed by atoms with Crippen molar-refractivity contribution in [2.45, 2.75) is 20.0 Å². The standard InChI is InChI=1S/C16H19ClN2O4.ClH/c1-2-21-14-7-11(8-19-9-12-4-3-5-22-12)6-13(17)16(14)23-10-15(18)20;/h3-7,19H,2,8-10H2,1H3,(H2,18,20);1H. The molecule has 0 unspecified atom stereocenters. The van der Waals surface area contributed by atoms with Gasteiger partial charge in [-0.25, -0.2) is 0 Å². The molecule has 0 aliphatic carbocycles. The van der Waals surface area contributed by atoms with Gasteiger partial charge < -0.3 is 24.9 Å². The van der Waals surface area contributed by atoms with Crippen molar-refractivity contribution in [3.63, 3.8) is 0 Å². The minimum absolute atomic E-state index is 0. The number of primary amides is 1. The van der Waals surface area contributed by atoms with Crippen LogP contribution < -0.4 is 20.5 Å². The molecule has 0 saturated carbocycles. The third-order valence-electron chi connectivity index (χ3n) is 2.94. The summed E-state index contributed by atoms with van der Waals surface area (Å²) < 4.78 is 16.1. The highest BCUT2D eigenvalue weighted by Gasteiger charge is 2.13. The number of hydrogen-bond acceptors (Lipinski definition) is 5. The molecule has 3 N–H and O–H groups in total. The van der Waals surface area contributed by atoms with Gasteiger partial charge in [0.25, 0.3) is 5.91 Å². The summed E-state index contributed by atoms with van der Waals surface area (Å²) in [5.41, 5.74) is 6.02. The number of nitrogens with one attached hydrogen (secondary N) is 1. The Bertz CT molecular complexity index is 648. The van der Waals surface area contributed by atoms with Crippen molar-refractivity contribution in [3.8, 4) is 11.5 Å². The van der Waals surface area contributed by atoms with Gasteiger partial charge in [0.2, 0.25) is 0 Å². The molecule has 0 fully saturated rings. The summed E-state index contributed by atoms with van der Waals surface area (Å²) in [5, 5.41) is 3.62. The van der Waals surface area contributed by atoms with E-state index in [1.165, 1.54) is 0 Å². The highest BCUT2D eigenvalue weighted by atomic mass is 35.5. The van der Waals surface area contributed by atoms with Gasteiger partial charge in [0, 0.05) is 6.54 Å². The lowest BCUT2D eigenvalue weighted by Gasteiger charge is -2.14. The molecule has 1 aromatic heterocycles. The molecule has 8 heteroatoms. The Labute approximate surface area is 151 Å². The second kappa shape index (κ2) is 10.1. The van der Waals surface area contributed by atoms with Gasteiger partial charge in [-0.05, 0) is 36.8 Å². The van der Waals surface area contributed by atoms with E-state index in [2.05, 4.69) is 5.32 Å². The van der Waals surface area contributed by atoms with Gasteiger partial charge in [0.05, 0.1) is 24.4 Å². The summed E-state index contributed by atoms with van der Waals surface area (Å²) in [5.74, 6) is 1.08. The zero-order chi connectivity index (χ0) is 16.7. The molecule has 1 aromatic carbocycles. The number of halogens is 2. The van der Waals surface area contributed by atoms with Gasteiger partial charge in [0.15, 0.2) is 18.1 Å². The molecule has 1 heterocycles. The molecule has 1 amide bonds. The van der Waals surface area contributed by atoms with E-state index in [1.54, 1.807) is 12.3 Å². The van der Waals surface area contributed by atoms with E-state index in [0.29, 0.717) is 36.2 Å². The molecule has 2 rings (SSSR count). The largest absolute Gasteiger partial charge is 0.490 e. The Balaban J connectivity index is 0.00000288. The van der Waals surface area contributed by atoms with Crippen LogP contribution >= 0.6 is 24.0 Å². The molecule has 2 aromatic rings. The molecule has 0 aliphatic heterocycles.